The SMILES string of the molecule is C1=CC(N2CCc3nc4ccc(-n5ccnc5)cc4n3CC2)=C1. The molecule has 1 aliphatic heterocycles. The molecule has 0 unspecified atom stereocenters. The molecule has 0 spiro atoms. The minimum absolute atomic E-state index is 0.977. The number of allylic oxidation sites excluding steroid dienone is 3. The number of imidazole rings is 2. The molecular weight excluding hydrogens is 286 g/mol. The van der Waals surface area contributed by atoms with Gasteiger partial charge in [-0.25, -0.2) is 9.97 Å². The van der Waals surface area contributed by atoms with Gasteiger partial charge in [-0.15, -0.1) is 0 Å². The highest BCUT2D eigenvalue weighted by Crippen LogP contribution is 2.24. The highest BCUT2D eigenvalue weighted by Gasteiger charge is 2.19. The standard InChI is InChI=1S/C18H17N5/c1-2-14(3-1)21-8-6-18-20-16-5-4-15(22-9-7-19-13-22)12-17(16)23(18)11-10-21/h1-5,7,9,12-13H,6,8,10-11H2. The molecule has 0 atom stereocenters. The maximum atomic E-state index is 4.85. The van der Waals surface area contributed by atoms with Gasteiger partial charge in [0, 0.05) is 49.8 Å². The van der Waals surface area contributed by atoms with Crippen molar-refractivity contribution in [3.8, 4) is 5.69 Å². The Morgan fingerprint density at radius 1 is 1.09 bits per heavy atom. The molecule has 3 heterocycles. The molecule has 0 amide bonds. The van der Waals surface area contributed by atoms with E-state index in [0.717, 1.165) is 37.3 Å². The highest BCUT2D eigenvalue weighted by molar-refractivity contribution is 5.78. The lowest BCUT2D eigenvalue weighted by Gasteiger charge is -2.25. The Morgan fingerprint density at radius 2 is 2.04 bits per heavy atom. The van der Waals surface area contributed by atoms with Gasteiger partial charge < -0.3 is 14.0 Å². The molecule has 2 aromatic heterocycles. The van der Waals surface area contributed by atoms with E-state index >= 15 is 0 Å². The lowest BCUT2D eigenvalue weighted by molar-refractivity contribution is 0.359. The van der Waals surface area contributed by atoms with Gasteiger partial charge in [-0.05, 0) is 30.4 Å². The molecule has 0 N–H and O–H groups in total. The van der Waals surface area contributed by atoms with E-state index in [9.17, 15) is 0 Å². The molecule has 5 heteroatoms. The van der Waals surface area contributed by atoms with E-state index in [1.165, 1.54) is 17.0 Å². The van der Waals surface area contributed by atoms with E-state index in [2.05, 4.69) is 50.9 Å². The summed E-state index contributed by atoms with van der Waals surface area (Å²) in [6.07, 6.45) is 13.1. The first-order valence-electron chi connectivity index (χ1n) is 7.99. The number of nitrogens with zero attached hydrogens (tertiary/aromatic N) is 5. The normalized spacial score (nSPS) is 16.9. The number of aromatic nitrogens is 4. The lowest BCUT2D eigenvalue weighted by Crippen LogP contribution is -2.26. The summed E-state index contributed by atoms with van der Waals surface area (Å²) in [7, 11) is 0. The Bertz CT molecular complexity index is 930. The second kappa shape index (κ2) is 4.84. The first-order valence-corrected chi connectivity index (χ1v) is 7.99. The quantitative estimate of drug-likeness (QED) is 0.730. The van der Waals surface area contributed by atoms with Crippen LogP contribution in [0.3, 0.4) is 0 Å². The summed E-state index contributed by atoms with van der Waals surface area (Å²) in [5.74, 6) is 1.19. The average Bonchev–Trinajstić information content (AvgIpc) is 3.11. The van der Waals surface area contributed by atoms with Crippen molar-refractivity contribution in [2.45, 2.75) is 13.0 Å². The van der Waals surface area contributed by atoms with Crippen LogP contribution in [0.4, 0.5) is 0 Å². The average molecular weight is 303 g/mol. The molecule has 3 aromatic rings. The summed E-state index contributed by atoms with van der Waals surface area (Å²) in [5, 5.41) is 0. The topological polar surface area (TPSA) is 38.9 Å². The van der Waals surface area contributed by atoms with Crippen LogP contribution in [-0.4, -0.2) is 37.1 Å². The van der Waals surface area contributed by atoms with Crippen molar-refractivity contribution in [1.29, 1.82) is 0 Å². The third-order valence-corrected chi connectivity index (χ3v) is 4.71. The zero-order valence-electron chi connectivity index (χ0n) is 12.8. The van der Waals surface area contributed by atoms with E-state index in [1.807, 2.05) is 17.1 Å². The molecule has 114 valence electrons. The van der Waals surface area contributed by atoms with E-state index < -0.39 is 0 Å². The first kappa shape index (κ1) is 12.7. The molecule has 0 bridgehead atoms. The minimum Gasteiger partial charge on any atom is -0.369 e. The number of benzene rings is 1. The van der Waals surface area contributed by atoms with Gasteiger partial charge in [-0.2, -0.15) is 0 Å². The summed E-state index contributed by atoms with van der Waals surface area (Å²) in [5.41, 5.74) is 4.77. The fourth-order valence-corrected chi connectivity index (χ4v) is 3.39. The second-order valence-corrected chi connectivity index (χ2v) is 6.01. The Labute approximate surface area is 134 Å². The van der Waals surface area contributed by atoms with Gasteiger partial charge in [-0.3, -0.25) is 0 Å². The first-order chi connectivity index (χ1) is 11.4. The monoisotopic (exact) mass is 303 g/mol. The largest absolute Gasteiger partial charge is 0.369 e. The molecule has 1 aromatic carbocycles. The molecule has 0 fully saturated rings. The summed E-state index contributed by atoms with van der Waals surface area (Å²) in [6.45, 7) is 3.04. The molecule has 5 nitrogen and oxygen atoms in total. The summed E-state index contributed by atoms with van der Waals surface area (Å²) >= 11 is 0. The maximum Gasteiger partial charge on any atom is 0.111 e. The maximum absolute atomic E-state index is 4.85. The molecule has 5 rings (SSSR count). The Morgan fingerprint density at radius 3 is 2.83 bits per heavy atom. The predicted molar refractivity (Wildman–Crippen MR) is 89.4 cm³/mol. The molecule has 23 heavy (non-hydrogen) atoms. The van der Waals surface area contributed by atoms with Crippen LogP contribution in [0.25, 0.3) is 16.7 Å². The number of hydrogen-bond acceptors (Lipinski definition) is 3. The van der Waals surface area contributed by atoms with E-state index in [0.29, 0.717) is 0 Å². The van der Waals surface area contributed by atoms with Gasteiger partial charge in [-0.1, -0.05) is 6.08 Å². The molecular formula is C18H17N5. The molecule has 0 saturated heterocycles. The van der Waals surface area contributed by atoms with Crippen molar-refractivity contribution >= 4 is 11.0 Å². The van der Waals surface area contributed by atoms with Crippen molar-refractivity contribution in [3.05, 3.63) is 66.7 Å². The van der Waals surface area contributed by atoms with Crippen molar-refractivity contribution in [1.82, 2.24) is 24.0 Å². The van der Waals surface area contributed by atoms with Crippen molar-refractivity contribution < 1.29 is 0 Å². The molecule has 0 radical (unpaired) electrons. The van der Waals surface area contributed by atoms with Gasteiger partial charge in [0.2, 0.25) is 0 Å². The Kier molecular flexibility index (Phi) is 2.67. The number of fused-ring (bicyclic) bond motifs is 3. The Balaban J connectivity index is 1.54. The summed E-state index contributed by atoms with van der Waals surface area (Å²) in [4.78, 5) is 11.4. The third-order valence-electron chi connectivity index (χ3n) is 4.71. The fourth-order valence-electron chi connectivity index (χ4n) is 3.39. The zero-order valence-corrected chi connectivity index (χ0v) is 12.8. The lowest BCUT2D eigenvalue weighted by atomic mass is 10.2. The van der Waals surface area contributed by atoms with Crippen LogP contribution >= 0.6 is 0 Å². The predicted octanol–water partition coefficient (Wildman–Crippen LogP) is 2.53. The number of rotatable bonds is 2. The van der Waals surface area contributed by atoms with Crippen LogP contribution in [-0.2, 0) is 13.0 Å². The van der Waals surface area contributed by atoms with Crippen LogP contribution in [0.2, 0.25) is 0 Å². The molecule has 0 saturated carbocycles. The highest BCUT2D eigenvalue weighted by atomic mass is 15.2. The van der Waals surface area contributed by atoms with Crippen molar-refractivity contribution in [2.75, 3.05) is 13.1 Å². The Hall–Kier alpha value is -2.82. The van der Waals surface area contributed by atoms with Gasteiger partial charge in [0.25, 0.3) is 0 Å². The van der Waals surface area contributed by atoms with E-state index in [4.69, 9.17) is 4.98 Å². The van der Waals surface area contributed by atoms with Crippen LogP contribution in [0.15, 0.2) is 60.8 Å². The van der Waals surface area contributed by atoms with E-state index in [1.54, 1.807) is 6.20 Å². The van der Waals surface area contributed by atoms with Gasteiger partial charge in [0.1, 0.15) is 5.82 Å². The van der Waals surface area contributed by atoms with Crippen LogP contribution in [0.1, 0.15) is 5.82 Å². The van der Waals surface area contributed by atoms with E-state index in [-0.39, 0.29) is 0 Å². The summed E-state index contributed by atoms with van der Waals surface area (Å²) in [6, 6.07) is 6.43. The zero-order chi connectivity index (χ0) is 15.2. The molecule has 2 aliphatic rings. The van der Waals surface area contributed by atoms with Crippen LogP contribution in [0.5, 0.6) is 0 Å². The minimum atomic E-state index is 0.977. The smallest absolute Gasteiger partial charge is 0.111 e. The van der Waals surface area contributed by atoms with Crippen molar-refractivity contribution in [3.63, 3.8) is 0 Å². The van der Waals surface area contributed by atoms with Crippen LogP contribution < -0.4 is 0 Å². The third kappa shape index (κ3) is 2.00. The number of hydrogen-bond donors (Lipinski definition) is 0. The van der Waals surface area contributed by atoms with Gasteiger partial charge in [0.05, 0.1) is 17.4 Å². The van der Waals surface area contributed by atoms with Gasteiger partial charge in [0.15, 0.2) is 0 Å². The molecule has 1 aliphatic carbocycles. The fraction of sp³-hybridized carbons (Fsp3) is 0.222. The van der Waals surface area contributed by atoms with Crippen LogP contribution in [0, 0.1) is 0 Å². The van der Waals surface area contributed by atoms with Gasteiger partial charge >= 0.3 is 0 Å². The summed E-state index contributed by atoms with van der Waals surface area (Å²) < 4.78 is 4.41. The second-order valence-electron chi connectivity index (χ2n) is 6.01. The van der Waals surface area contributed by atoms with Crippen molar-refractivity contribution in [2.24, 2.45) is 0 Å².